The Morgan fingerprint density at radius 2 is 1.85 bits per heavy atom. The first-order valence-electron chi connectivity index (χ1n) is 3.36. The fourth-order valence-corrected chi connectivity index (χ4v) is 1.12. The van der Waals surface area contributed by atoms with Gasteiger partial charge in [0.05, 0.1) is 0 Å². The van der Waals surface area contributed by atoms with E-state index in [1.165, 1.54) is 12.2 Å². The molecular weight excluding hydrogens is 174 g/mol. The van der Waals surface area contributed by atoms with Crippen LogP contribution in [-0.2, 0) is 19.1 Å². The number of fused-ring (bicyclic) bond motifs is 1. The highest BCUT2D eigenvalue weighted by molar-refractivity contribution is 6.53. The zero-order chi connectivity index (χ0) is 8.72. The maximum atomic E-state index is 11.0. The number of ether oxygens (including phenoxy) is 1. The third-order valence-electron chi connectivity index (χ3n) is 1.70. The number of carbonyl (C=O) groups is 3. The van der Waals surface area contributed by atoms with Crippen LogP contribution in [0.15, 0.2) is 23.3 Å². The monoisotopic (exact) mass is 181 g/mol. The first kappa shape index (κ1) is 9.34. The highest BCUT2D eigenvalue weighted by Crippen LogP contribution is 2.18. The van der Waals surface area contributed by atoms with E-state index in [1.54, 1.807) is 0 Å². The van der Waals surface area contributed by atoms with E-state index in [-0.39, 0.29) is 18.3 Å². The quantitative estimate of drug-likeness (QED) is 0.240. The molecule has 1 aliphatic carbocycles. The molecule has 13 heavy (non-hydrogen) atoms. The average Bonchev–Trinajstić information content (AvgIpc) is 2.06. The molecule has 3 N–H and O–H groups in total. The van der Waals surface area contributed by atoms with Crippen LogP contribution in [0.25, 0.3) is 0 Å². The molecule has 2 rings (SSSR count). The summed E-state index contributed by atoms with van der Waals surface area (Å²) in [5.41, 5.74) is 0.429. The summed E-state index contributed by atoms with van der Waals surface area (Å²) in [6, 6.07) is 0. The van der Waals surface area contributed by atoms with Crippen LogP contribution in [0.5, 0.6) is 0 Å². The maximum absolute atomic E-state index is 11.0. The summed E-state index contributed by atoms with van der Waals surface area (Å²) >= 11 is 0. The van der Waals surface area contributed by atoms with Crippen molar-refractivity contribution in [2.45, 2.75) is 0 Å². The molecular formula is C8H7NO4. The number of carbonyl (C=O) groups excluding carboxylic acids is 3. The molecule has 0 radical (unpaired) electrons. The number of Topliss-reactive ketones (excluding diaryl/α,β-unsaturated/α-hetero) is 1. The maximum Gasteiger partial charge on any atom is 0.342 e. The molecule has 0 aromatic rings. The van der Waals surface area contributed by atoms with Gasteiger partial charge >= 0.3 is 5.97 Å². The first-order valence-corrected chi connectivity index (χ1v) is 3.36. The van der Waals surface area contributed by atoms with Crippen LogP contribution < -0.4 is 6.15 Å². The van der Waals surface area contributed by atoms with Crippen LogP contribution >= 0.6 is 0 Å². The van der Waals surface area contributed by atoms with Crippen molar-refractivity contribution >= 4 is 17.5 Å². The summed E-state index contributed by atoms with van der Waals surface area (Å²) in [4.78, 5) is 32.7. The number of esters is 1. The third-order valence-corrected chi connectivity index (χ3v) is 1.70. The minimum Gasteiger partial charge on any atom is -0.457 e. The molecule has 1 aliphatic heterocycles. The first-order chi connectivity index (χ1) is 5.68. The van der Waals surface area contributed by atoms with Crippen molar-refractivity contribution in [2.75, 3.05) is 6.61 Å². The predicted octanol–water partition coefficient (Wildman–Crippen LogP) is -0.290. The van der Waals surface area contributed by atoms with Crippen molar-refractivity contribution in [3.63, 3.8) is 0 Å². The van der Waals surface area contributed by atoms with Crippen LogP contribution in [0.3, 0.4) is 0 Å². The van der Waals surface area contributed by atoms with E-state index in [4.69, 9.17) is 0 Å². The Balaban J connectivity index is 0.000000845. The lowest BCUT2D eigenvalue weighted by Crippen LogP contribution is -2.29. The van der Waals surface area contributed by atoms with Gasteiger partial charge in [-0.05, 0) is 17.7 Å². The average molecular weight is 181 g/mol. The zero-order valence-electron chi connectivity index (χ0n) is 6.70. The van der Waals surface area contributed by atoms with Gasteiger partial charge in [0, 0.05) is 0 Å². The summed E-state index contributed by atoms with van der Waals surface area (Å²) in [7, 11) is 0. The fraction of sp³-hybridized carbons (Fsp3) is 0.125. The molecule has 68 valence electrons. The van der Waals surface area contributed by atoms with Gasteiger partial charge in [0.15, 0.2) is 0 Å². The van der Waals surface area contributed by atoms with Gasteiger partial charge in [0.2, 0.25) is 11.6 Å². The molecule has 5 nitrogen and oxygen atoms in total. The zero-order valence-corrected chi connectivity index (χ0v) is 6.70. The van der Waals surface area contributed by atoms with Gasteiger partial charge in [-0.15, -0.1) is 0 Å². The lowest BCUT2D eigenvalue weighted by molar-refractivity contribution is -0.143. The highest BCUT2D eigenvalue weighted by Gasteiger charge is 2.31. The second-order valence-electron chi connectivity index (χ2n) is 2.55. The lowest BCUT2D eigenvalue weighted by Gasteiger charge is -2.16. The fourth-order valence-electron chi connectivity index (χ4n) is 1.12. The Hall–Kier alpha value is -1.75. The summed E-state index contributed by atoms with van der Waals surface area (Å²) in [6.45, 7) is 0.0847. The molecule has 1 heterocycles. The SMILES string of the molecule is N.O=C1C=C2C=C(C(=O)OC2)C1=O. The number of hydrogen-bond acceptors (Lipinski definition) is 5. The van der Waals surface area contributed by atoms with Crippen molar-refractivity contribution in [3.05, 3.63) is 23.3 Å². The van der Waals surface area contributed by atoms with Crippen molar-refractivity contribution in [2.24, 2.45) is 0 Å². The lowest BCUT2D eigenvalue weighted by atomic mass is 9.96. The van der Waals surface area contributed by atoms with Gasteiger partial charge in [0.1, 0.15) is 12.2 Å². The predicted molar refractivity (Wildman–Crippen MR) is 42.2 cm³/mol. The van der Waals surface area contributed by atoms with E-state index in [2.05, 4.69) is 4.74 Å². The van der Waals surface area contributed by atoms with Crippen molar-refractivity contribution in [1.29, 1.82) is 0 Å². The van der Waals surface area contributed by atoms with E-state index >= 15 is 0 Å². The molecule has 5 heteroatoms. The molecule has 0 aromatic heterocycles. The third kappa shape index (κ3) is 1.29. The highest BCUT2D eigenvalue weighted by atomic mass is 16.5. The normalized spacial score (nSPS) is 19.8. The summed E-state index contributed by atoms with van der Waals surface area (Å²) in [6.07, 6.45) is 2.59. The molecule has 2 bridgehead atoms. The second kappa shape index (κ2) is 2.95. The van der Waals surface area contributed by atoms with Crippen molar-refractivity contribution in [3.8, 4) is 0 Å². The van der Waals surface area contributed by atoms with Gasteiger partial charge in [-0.3, -0.25) is 9.59 Å². The summed E-state index contributed by atoms with van der Waals surface area (Å²) < 4.78 is 4.62. The minimum atomic E-state index is -0.775. The van der Waals surface area contributed by atoms with E-state index < -0.39 is 17.5 Å². The topological polar surface area (TPSA) is 95.4 Å². The largest absolute Gasteiger partial charge is 0.457 e. The van der Waals surface area contributed by atoms with Gasteiger partial charge in [0.25, 0.3) is 0 Å². The number of rotatable bonds is 0. The molecule has 0 spiro atoms. The molecule has 2 aliphatic rings. The number of hydrogen-bond donors (Lipinski definition) is 1. The van der Waals surface area contributed by atoms with Gasteiger partial charge in [-0.2, -0.15) is 0 Å². The Labute approximate surface area is 73.6 Å². The molecule has 0 aromatic carbocycles. The van der Waals surface area contributed by atoms with E-state index in [0.29, 0.717) is 5.57 Å². The van der Waals surface area contributed by atoms with Crippen LogP contribution in [-0.4, -0.2) is 24.1 Å². The molecule has 0 atom stereocenters. The van der Waals surface area contributed by atoms with Crippen LogP contribution in [0.2, 0.25) is 0 Å². The number of cyclic esters (lactones) is 1. The Kier molecular flexibility index (Phi) is 2.12. The summed E-state index contributed by atoms with van der Waals surface area (Å²) in [5, 5.41) is 0. The van der Waals surface area contributed by atoms with E-state index in [1.807, 2.05) is 0 Å². The Morgan fingerprint density at radius 3 is 2.54 bits per heavy atom. The molecule has 0 saturated carbocycles. The smallest absolute Gasteiger partial charge is 0.342 e. The Bertz CT molecular complexity index is 364. The van der Waals surface area contributed by atoms with Crippen LogP contribution in [0, 0.1) is 0 Å². The molecule has 0 fully saturated rings. The van der Waals surface area contributed by atoms with E-state index in [9.17, 15) is 14.4 Å². The molecule has 0 unspecified atom stereocenters. The van der Waals surface area contributed by atoms with E-state index in [0.717, 1.165) is 0 Å². The van der Waals surface area contributed by atoms with Crippen LogP contribution in [0.1, 0.15) is 0 Å². The molecule has 0 saturated heterocycles. The van der Waals surface area contributed by atoms with Crippen LogP contribution in [0.4, 0.5) is 0 Å². The standard InChI is InChI=1S/C8H4O4.H3N/c9-6-2-4-1-5(7(6)10)8(11)12-3-4;/h1-2H,3H2;1H3. The van der Waals surface area contributed by atoms with Crippen molar-refractivity contribution in [1.82, 2.24) is 6.15 Å². The Morgan fingerprint density at radius 1 is 1.15 bits per heavy atom. The van der Waals surface area contributed by atoms with Gasteiger partial charge < -0.3 is 10.9 Å². The van der Waals surface area contributed by atoms with Crippen molar-refractivity contribution < 1.29 is 19.1 Å². The van der Waals surface area contributed by atoms with Gasteiger partial charge in [-0.1, -0.05) is 0 Å². The minimum absolute atomic E-state index is 0. The summed E-state index contributed by atoms with van der Waals surface area (Å²) in [5.74, 6) is -2.12. The molecule has 0 amide bonds. The number of ketones is 2. The van der Waals surface area contributed by atoms with Gasteiger partial charge in [-0.25, -0.2) is 4.79 Å². The number of allylic oxidation sites excluding steroid dienone is 1. The second-order valence-corrected chi connectivity index (χ2v) is 2.55.